The molecule has 78 valence electrons. The van der Waals surface area contributed by atoms with Gasteiger partial charge in [0, 0.05) is 18.1 Å². The van der Waals surface area contributed by atoms with E-state index in [9.17, 15) is 0 Å². The zero-order valence-electron chi connectivity index (χ0n) is 7.64. The van der Waals surface area contributed by atoms with Gasteiger partial charge in [0.2, 0.25) is 11.1 Å². The summed E-state index contributed by atoms with van der Waals surface area (Å²) in [6, 6.07) is 1.87. The Balaban J connectivity index is 2.02. The molecule has 3 N–H and O–H groups in total. The zero-order valence-corrected chi connectivity index (χ0v) is 9.22. The summed E-state index contributed by atoms with van der Waals surface area (Å²) < 4.78 is 0. The molecule has 0 aliphatic rings. The Kier molecular flexibility index (Phi) is 3.08. The van der Waals surface area contributed by atoms with Gasteiger partial charge in [-0.15, -0.1) is 5.10 Å². The average molecular weight is 242 g/mol. The van der Waals surface area contributed by atoms with Crippen molar-refractivity contribution in [2.75, 3.05) is 5.73 Å². The van der Waals surface area contributed by atoms with E-state index in [1.807, 2.05) is 6.07 Å². The highest BCUT2D eigenvalue weighted by Gasteiger charge is 2.04. The first kappa shape index (κ1) is 10.3. The predicted octanol–water partition coefficient (Wildman–Crippen LogP) is 1.73. The Bertz CT molecular complexity index is 458. The van der Waals surface area contributed by atoms with Crippen LogP contribution in [0.4, 0.5) is 5.95 Å². The lowest BCUT2D eigenvalue weighted by atomic mass is 10.3. The van der Waals surface area contributed by atoms with Gasteiger partial charge in [0.15, 0.2) is 0 Å². The van der Waals surface area contributed by atoms with E-state index < -0.39 is 0 Å². The second-order valence-corrected chi connectivity index (χ2v) is 4.11. The topological polar surface area (TPSA) is 80.5 Å². The van der Waals surface area contributed by atoms with E-state index >= 15 is 0 Å². The van der Waals surface area contributed by atoms with Gasteiger partial charge in [-0.3, -0.25) is 4.98 Å². The number of halogens is 1. The molecule has 0 unspecified atom stereocenters. The molecule has 0 spiro atoms. The van der Waals surface area contributed by atoms with Crippen LogP contribution < -0.4 is 5.73 Å². The number of hydrogen-bond donors (Lipinski definition) is 2. The smallest absolute Gasteiger partial charge is 0.216 e. The fourth-order valence-corrected chi connectivity index (χ4v) is 2.06. The molecular weight excluding hydrogens is 234 g/mol. The van der Waals surface area contributed by atoms with Crippen LogP contribution in [0.25, 0.3) is 0 Å². The summed E-state index contributed by atoms with van der Waals surface area (Å²) >= 11 is 7.41. The number of hydrogen-bond acceptors (Lipinski definition) is 5. The number of nitrogens with two attached hydrogens (primary N) is 1. The molecule has 2 heterocycles. The van der Waals surface area contributed by atoms with Gasteiger partial charge in [0.05, 0.1) is 5.02 Å². The zero-order chi connectivity index (χ0) is 10.7. The third-order valence-electron chi connectivity index (χ3n) is 1.70. The Morgan fingerprint density at radius 2 is 2.40 bits per heavy atom. The first-order valence-corrected chi connectivity index (χ1v) is 5.51. The summed E-state index contributed by atoms with van der Waals surface area (Å²) in [6.45, 7) is 0. The van der Waals surface area contributed by atoms with Crippen molar-refractivity contribution in [2.45, 2.75) is 10.9 Å². The number of rotatable bonds is 3. The minimum atomic E-state index is 0.318. The van der Waals surface area contributed by atoms with E-state index in [1.54, 1.807) is 12.4 Å². The van der Waals surface area contributed by atoms with Gasteiger partial charge in [-0.05, 0) is 11.6 Å². The maximum absolute atomic E-state index is 5.95. The molecule has 0 bridgehead atoms. The molecule has 5 nitrogen and oxygen atoms in total. The first-order chi connectivity index (χ1) is 7.25. The average Bonchev–Trinajstić information content (AvgIpc) is 2.63. The van der Waals surface area contributed by atoms with Crippen molar-refractivity contribution in [3.8, 4) is 0 Å². The monoisotopic (exact) mass is 241 g/mol. The summed E-state index contributed by atoms with van der Waals surface area (Å²) in [6.07, 6.45) is 3.32. The molecular formula is C8H8ClN5S. The highest BCUT2D eigenvalue weighted by Crippen LogP contribution is 2.23. The van der Waals surface area contributed by atoms with E-state index in [1.165, 1.54) is 11.8 Å². The van der Waals surface area contributed by atoms with Crippen LogP contribution in [0, 0.1) is 0 Å². The number of nitrogen functional groups attached to an aromatic ring is 1. The molecule has 0 aliphatic carbocycles. The van der Waals surface area contributed by atoms with Crippen molar-refractivity contribution >= 4 is 29.3 Å². The SMILES string of the molecule is Nc1nc(SCc2ccncc2Cl)n[nH]1. The summed E-state index contributed by atoms with van der Waals surface area (Å²) in [7, 11) is 0. The maximum Gasteiger partial charge on any atom is 0.216 e. The van der Waals surface area contributed by atoms with E-state index in [4.69, 9.17) is 17.3 Å². The fourth-order valence-electron chi connectivity index (χ4n) is 0.986. The molecule has 7 heteroatoms. The Morgan fingerprint density at radius 1 is 1.53 bits per heavy atom. The van der Waals surface area contributed by atoms with E-state index in [-0.39, 0.29) is 0 Å². The van der Waals surface area contributed by atoms with Crippen LogP contribution >= 0.6 is 23.4 Å². The van der Waals surface area contributed by atoms with Gasteiger partial charge in [0.25, 0.3) is 0 Å². The molecule has 2 rings (SSSR count). The van der Waals surface area contributed by atoms with Crippen molar-refractivity contribution in [3.05, 3.63) is 29.0 Å². The lowest BCUT2D eigenvalue weighted by molar-refractivity contribution is 0.973. The number of H-pyrrole nitrogens is 1. The molecule has 2 aromatic rings. The molecule has 0 saturated heterocycles. The molecule has 0 fully saturated rings. The maximum atomic E-state index is 5.95. The van der Waals surface area contributed by atoms with Crippen LogP contribution in [-0.4, -0.2) is 20.2 Å². The molecule has 0 amide bonds. The molecule has 15 heavy (non-hydrogen) atoms. The van der Waals surface area contributed by atoms with E-state index in [0.29, 0.717) is 21.9 Å². The second-order valence-electron chi connectivity index (χ2n) is 2.76. The summed E-state index contributed by atoms with van der Waals surface area (Å²) in [5, 5.41) is 7.73. The van der Waals surface area contributed by atoms with Crippen LogP contribution in [0.15, 0.2) is 23.6 Å². The van der Waals surface area contributed by atoms with Crippen LogP contribution in [0.2, 0.25) is 5.02 Å². The van der Waals surface area contributed by atoms with Gasteiger partial charge in [-0.1, -0.05) is 23.4 Å². The standard InChI is InChI=1S/C8H8ClN5S/c9-6-3-11-2-1-5(6)4-15-8-12-7(10)13-14-8/h1-3H,4H2,(H3,10,12,13,14). The summed E-state index contributed by atoms with van der Waals surface area (Å²) in [5.41, 5.74) is 6.40. The number of anilines is 1. The number of nitrogens with zero attached hydrogens (tertiary/aromatic N) is 3. The quantitative estimate of drug-likeness (QED) is 0.800. The summed E-state index contributed by atoms with van der Waals surface area (Å²) in [4.78, 5) is 7.88. The van der Waals surface area contributed by atoms with Crippen molar-refractivity contribution in [2.24, 2.45) is 0 Å². The fraction of sp³-hybridized carbons (Fsp3) is 0.125. The van der Waals surface area contributed by atoms with Crippen LogP contribution in [0.5, 0.6) is 0 Å². The lowest BCUT2D eigenvalue weighted by Gasteiger charge is -1.99. The molecule has 2 aromatic heterocycles. The first-order valence-electron chi connectivity index (χ1n) is 4.15. The van der Waals surface area contributed by atoms with Gasteiger partial charge in [-0.25, -0.2) is 5.10 Å². The van der Waals surface area contributed by atoms with Crippen LogP contribution in [-0.2, 0) is 5.75 Å². The van der Waals surface area contributed by atoms with Crippen molar-refractivity contribution in [3.63, 3.8) is 0 Å². The van der Waals surface area contributed by atoms with Gasteiger partial charge >= 0.3 is 0 Å². The van der Waals surface area contributed by atoms with Gasteiger partial charge in [0.1, 0.15) is 0 Å². The van der Waals surface area contributed by atoms with Crippen molar-refractivity contribution < 1.29 is 0 Å². The van der Waals surface area contributed by atoms with Gasteiger partial charge < -0.3 is 5.73 Å². The minimum absolute atomic E-state index is 0.318. The molecule has 0 aliphatic heterocycles. The second kappa shape index (κ2) is 4.50. The molecule has 0 atom stereocenters. The predicted molar refractivity (Wildman–Crippen MR) is 59.6 cm³/mol. The van der Waals surface area contributed by atoms with Crippen molar-refractivity contribution in [1.29, 1.82) is 0 Å². The number of nitrogens with one attached hydrogen (secondary N) is 1. The van der Waals surface area contributed by atoms with Gasteiger partial charge in [-0.2, -0.15) is 4.98 Å². The highest BCUT2D eigenvalue weighted by atomic mass is 35.5. The number of aromatic nitrogens is 4. The number of pyridine rings is 1. The third kappa shape index (κ3) is 2.60. The number of thioether (sulfide) groups is 1. The van der Waals surface area contributed by atoms with E-state index in [0.717, 1.165) is 5.56 Å². The Labute approximate surface area is 95.5 Å². The van der Waals surface area contributed by atoms with E-state index in [2.05, 4.69) is 20.2 Å². The van der Waals surface area contributed by atoms with Crippen LogP contribution in [0.1, 0.15) is 5.56 Å². The highest BCUT2D eigenvalue weighted by molar-refractivity contribution is 7.98. The normalized spacial score (nSPS) is 10.5. The van der Waals surface area contributed by atoms with Crippen molar-refractivity contribution in [1.82, 2.24) is 20.2 Å². The Morgan fingerprint density at radius 3 is 3.07 bits per heavy atom. The molecule has 0 saturated carbocycles. The molecule has 0 aromatic carbocycles. The largest absolute Gasteiger partial charge is 0.368 e. The van der Waals surface area contributed by atoms with Crippen LogP contribution in [0.3, 0.4) is 0 Å². The Hall–Kier alpha value is -1.27. The number of aromatic amines is 1. The minimum Gasteiger partial charge on any atom is -0.368 e. The lowest BCUT2D eigenvalue weighted by Crippen LogP contribution is -1.86. The summed E-state index contributed by atoms with van der Waals surface area (Å²) in [5.74, 6) is 1.01. The molecule has 0 radical (unpaired) electrons. The third-order valence-corrected chi connectivity index (χ3v) is 2.93.